The first kappa shape index (κ1) is 18.6. The number of pyridine rings is 1. The van der Waals surface area contributed by atoms with E-state index in [4.69, 9.17) is 4.74 Å². The van der Waals surface area contributed by atoms with Crippen molar-refractivity contribution >= 4 is 11.8 Å². The molecule has 0 spiro atoms. The van der Waals surface area contributed by atoms with E-state index >= 15 is 0 Å². The number of nitrogens with zero attached hydrogens (tertiary/aromatic N) is 2. The van der Waals surface area contributed by atoms with Crippen LogP contribution >= 0.6 is 0 Å². The van der Waals surface area contributed by atoms with Crippen molar-refractivity contribution in [3.63, 3.8) is 0 Å². The Hall–Kier alpha value is -1.78. The lowest BCUT2D eigenvalue weighted by Crippen LogP contribution is -2.38. The van der Waals surface area contributed by atoms with Crippen molar-refractivity contribution in [2.45, 2.75) is 72.3 Å². The van der Waals surface area contributed by atoms with Crippen molar-refractivity contribution in [1.82, 2.24) is 0 Å². The van der Waals surface area contributed by atoms with Gasteiger partial charge in [0, 0.05) is 30.0 Å². The molecule has 2 rings (SSSR count). The van der Waals surface area contributed by atoms with Crippen LogP contribution in [0.25, 0.3) is 0 Å². The summed E-state index contributed by atoms with van der Waals surface area (Å²) in [4.78, 5) is 14.3. The smallest absolute Gasteiger partial charge is 0.414 e. The van der Waals surface area contributed by atoms with Crippen LogP contribution < -0.4 is 9.63 Å². The van der Waals surface area contributed by atoms with Gasteiger partial charge in [-0.15, -0.1) is 0 Å². The van der Waals surface area contributed by atoms with Crippen LogP contribution in [-0.2, 0) is 16.6 Å². The maximum atomic E-state index is 12.6. The third kappa shape index (κ3) is 4.00. The van der Waals surface area contributed by atoms with E-state index in [1.807, 2.05) is 40.7 Å². The number of carbonyl (C=O) groups is 1. The second-order valence-electron chi connectivity index (χ2n) is 8.77. The topological polar surface area (TPSA) is 56.5 Å². The van der Waals surface area contributed by atoms with Gasteiger partial charge < -0.3 is 9.94 Å². The molecule has 5 nitrogen and oxygen atoms in total. The molecule has 0 aromatic carbocycles. The molecule has 0 unspecified atom stereocenters. The van der Waals surface area contributed by atoms with Crippen LogP contribution in [0.5, 0.6) is 0 Å². The minimum atomic E-state index is -0.544. The Balaban J connectivity index is 2.38. The Morgan fingerprint density at radius 1 is 1.42 bits per heavy atom. The molecule has 1 amide bonds. The summed E-state index contributed by atoms with van der Waals surface area (Å²) in [7, 11) is 0. The maximum Gasteiger partial charge on any atom is 0.414 e. The summed E-state index contributed by atoms with van der Waals surface area (Å²) in [5.74, 6) is 0.525. The van der Waals surface area contributed by atoms with E-state index in [1.54, 1.807) is 11.1 Å². The number of hydrogen-bond acceptors (Lipinski definition) is 3. The molecule has 0 radical (unpaired) electrons. The lowest BCUT2D eigenvalue weighted by molar-refractivity contribution is -0.614. The van der Waals surface area contributed by atoms with Gasteiger partial charge in [-0.05, 0) is 33.1 Å². The van der Waals surface area contributed by atoms with Crippen LogP contribution in [-0.4, -0.2) is 18.2 Å². The summed E-state index contributed by atoms with van der Waals surface area (Å²) in [5.41, 5.74) is 1.59. The lowest BCUT2D eigenvalue weighted by Gasteiger charge is -2.25. The highest BCUT2D eigenvalue weighted by Gasteiger charge is 2.42. The summed E-state index contributed by atoms with van der Waals surface area (Å²) >= 11 is 0. The SMILES string of the molecule is CC(C)CCc1cc2c(c[n+]1[O-])C(C)(C)CN2C(=O)OC(C)(C)C. The van der Waals surface area contributed by atoms with Crippen molar-refractivity contribution in [3.05, 3.63) is 28.7 Å². The molecule has 1 aromatic heterocycles. The fourth-order valence-corrected chi connectivity index (χ4v) is 2.97. The highest BCUT2D eigenvalue weighted by Crippen LogP contribution is 2.40. The summed E-state index contributed by atoms with van der Waals surface area (Å²) in [5, 5.41) is 12.4. The molecule has 1 aliphatic heterocycles. The number of ether oxygens (including phenoxy) is 1. The zero-order valence-corrected chi connectivity index (χ0v) is 16.0. The molecule has 5 heteroatoms. The second kappa shape index (κ2) is 6.26. The molecule has 0 atom stereocenters. The monoisotopic (exact) mass is 334 g/mol. The number of fused-ring (bicyclic) bond motifs is 1. The second-order valence-corrected chi connectivity index (χ2v) is 8.77. The number of aromatic nitrogens is 1. The van der Waals surface area contributed by atoms with Crippen LogP contribution in [0.1, 0.15) is 66.1 Å². The van der Waals surface area contributed by atoms with Crippen molar-refractivity contribution in [2.75, 3.05) is 11.4 Å². The number of rotatable bonds is 3. The zero-order chi connectivity index (χ0) is 18.3. The predicted octanol–water partition coefficient (Wildman–Crippen LogP) is 3.94. The normalized spacial score (nSPS) is 16.4. The first-order valence-electron chi connectivity index (χ1n) is 8.68. The minimum Gasteiger partial charge on any atom is -0.618 e. The summed E-state index contributed by atoms with van der Waals surface area (Å²) in [6, 6.07) is 1.86. The van der Waals surface area contributed by atoms with Gasteiger partial charge in [-0.2, -0.15) is 4.73 Å². The number of hydrogen-bond donors (Lipinski definition) is 0. The maximum absolute atomic E-state index is 12.6. The van der Waals surface area contributed by atoms with Crippen molar-refractivity contribution < 1.29 is 14.3 Å². The van der Waals surface area contributed by atoms with E-state index in [0.717, 1.165) is 22.4 Å². The fourth-order valence-electron chi connectivity index (χ4n) is 2.97. The molecule has 1 aliphatic rings. The average Bonchev–Trinajstić information content (AvgIpc) is 2.66. The van der Waals surface area contributed by atoms with Crippen LogP contribution in [0, 0.1) is 11.1 Å². The lowest BCUT2D eigenvalue weighted by atomic mass is 9.88. The number of anilines is 1. The van der Waals surface area contributed by atoms with Gasteiger partial charge in [-0.3, -0.25) is 4.90 Å². The first-order valence-corrected chi connectivity index (χ1v) is 8.68. The molecule has 134 valence electrons. The molecule has 0 saturated heterocycles. The highest BCUT2D eigenvalue weighted by atomic mass is 16.6. The van der Waals surface area contributed by atoms with Gasteiger partial charge in [0.15, 0.2) is 11.9 Å². The van der Waals surface area contributed by atoms with Crippen molar-refractivity contribution in [3.8, 4) is 0 Å². The Kier molecular flexibility index (Phi) is 4.84. The Labute approximate surface area is 145 Å². The molecule has 0 aliphatic carbocycles. The molecule has 24 heavy (non-hydrogen) atoms. The molecule has 2 heterocycles. The van der Waals surface area contributed by atoms with Gasteiger partial charge >= 0.3 is 6.09 Å². The molecule has 0 saturated carbocycles. The number of amides is 1. The number of carbonyl (C=O) groups excluding carboxylic acids is 1. The summed E-state index contributed by atoms with van der Waals surface area (Å²) in [6.07, 6.45) is 2.93. The van der Waals surface area contributed by atoms with E-state index in [9.17, 15) is 10.0 Å². The molecule has 0 N–H and O–H groups in total. The van der Waals surface area contributed by atoms with Crippen molar-refractivity contribution in [1.29, 1.82) is 0 Å². The molecular formula is C19H30N2O3. The predicted molar refractivity (Wildman–Crippen MR) is 95.2 cm³/mol. The van der Waals surface area contributed by atoms with E-state index in [-0.39, 0.29) is 11.5 Å². The van der Waals surface area contributed by atoms with E-state index in [0.29, 0.717) is 24.6 Å². The zero-order valence-electron chi connectivity index (χ0n) is 16.0. The van der Waals surface area contributed by atoms with E-state index in [2.05, 4.69) is 13.8 Å². The number of aryl methyl sites for hydroxylation is 1. The Morgan fingerprint density at radius 3 is 2.58 bits per heavy atom. The van der Waals surface area contributed by atoms with Crippen LogP contribution in [0.4, 0.5) is 10.5 Å². The Morgan fingerprint density at radius 2 is 2.04 bits per heavy atom. The van der Waals surface area contributed by atoms with E-state index in [1.165, 1.54) is 0 Å². The average molecular weight is 334 g/mol. The Bertz CT molecular complexity index is 630. The quantitative estimate of drug-likeness (QED) is 0.621. The van der Waals surface area contributed by atoms with Gasteiger partial charge in [-0.1, -0.05) is 27.7 Å². The summed E-state index contributed by atoms with van der Waals surface area (Å²) in [6.45, 7) is 14.5. The van der Waals surface area contributed by atoms with Gasteiger partial charge in [0.25, 0.3) is 0 Å². The fraction of sp³-hybridized carbons (Fsp3) is 0.684. The van der Waals surface area contributed by atoms with E-state index < -0.39 is 5.60 Å². The van der Waals surface area contributed by atoms with Crippen LogP contribution in [0.15, 0.2) is 12.3 Å². The molecule has 0 bridgehead atoms. The highest BCUT2D eigenvalue weighted by molar-refractivity contribution is 5.91. The van der Waals surface area contributed by atoms with Crippen molar-refractivity contribution in [2.24, 2.45) is 5.92 Å². The molecular weight excluding hydrogens is 304 g/mol. The summed E-state index contributed by atoms with van der Waals surface area (Å²) < 4.78 is 6.50. The van der Waals surface area contributed by atoms with Crippen LogP contribution in [0.2, 0.25) is 0 Å². The van der Waals surface area contributed by atoms with Gasteiger partial charge in [0.1, 0.15) is 5.60 Å². The molecule has 1 aromatic rings. The standard InChI is InChI=1S/C19H30N2O3/c1-13(2)8-9-14-10-16-15(11-21(14)23)19(6,7)12-20(16)17(22)24-18(3,4)5/h10-11,13H,8-9,12H2,1-7H3. The molecule has 0 fully saturated rings. The van der Waals surface area contributed by atoms with Gasteiger partial charge in [-0.25, -0.2) is 4.79 Å². The van der Waals surface area contributed by atoms with Gasteiger partial charge in [0.2, 0.25) is 0 Å². The van der Waals surface area contributed by atoms with Crippen LogP contribution in [0.3, 0.4) is 0 Å². The third-order valence-electron chi connectivity index (χ3n) is 4.27. The minimum absolute atomic E-state index is 0.269. The first-order chi connectivity index (χ1) is 10.9. The third-order valence-corrected chi connectivity index (χ3v) is 4.27. The van der Waals surface area contributed by atoms with Gasteiger partial charge in [0.05, 0.1) is 5.69 Å². The largest absolute Gasteiger partial charge is 0.618 e.